The van der Waals surface area contributed by atoms with Gasteiger partial charge in [0, 0.05) is 6.04 Å². The van der Waals surface area contributed by atoms with Gasteiger partial charge in [-0.25, -0.2) is 0 Å². The molecule has 0 rings (SSSR count). The van der Waals surface area contributed by atoms with Gasteiger partial charge < -0.3 is 10.2 Å². The van der Waals surface area contributed by atoms with Crippen LogP contribution in [0.2, 0.25) is 0 Å². The molecule has 1 N–H and O–H groups in total. The van der Waals surface area contributed by atoms with Crippen LogP contribution in [0.3, 0.4) is 0 Å². The van der Waals surface area contributed by atoms with Crippen molar-refractivity contribution in [1.29, 1.82) is 0 Å². The van der Waals surface area contributed by atoms with Gasteiger partial charge in [-0.05, 0) is 40.0 Å². The lowest BCUT2D eigenvalue weighted by Crippen LogP contribution is -2.33. The van der Waals surface area contributed by atoms with E-state index in [1.807, 2.05) is 20.9 Å². The van der Waals surface area contributed by atoms with Crippen molar-refractivity contribution < 1.29 is 0 Å². The van der Waals surface area contributed by atoms with E-state index in [9.17, 15) is 0 Å². The molecule has 0 aromatic carbocycles. The predicted octanol–water partition coefficient (Wildman–Crippen LogP) is 2.35. The molecule has 0 bridgehead atoms. The molecule has 0 amide bonds. The Kier molecular flexibility index (Phi) is 14.1. The molecule has 0 radical (unpaired) electrons. The van der Waals surface area contributed by atoms with Crippen molar-refractivity contribution in [2.75, 3.05) is 27.2 Å². The molecule has 0 saturated heterocycles. The van der Waals surface area contributed by atoms with E-state index in [1.54, 1.807) is 0 Å². The number of rotatable bonds is 6. The first-order valence-electron chi connectivity index (χ1n) is 5.61. The van der Waals surface area contributed by atoms with Crippen molar-refractivity contribution >= 4 is 0 Å². The van der Waals surface area contributed by atoms with Crippen LogP contribution in [0.15, 0.2) is 0 Å². The largest absolute Gasteiger partial charge is 0.320 e. The van der Waals surface area contributed by atoms with Gasteiger partial charge in [-0.2, -0.15) is 0 Å². The fraction of sp³-hybridized carbons (Fsp3) is 1.00. The van der Waals surface area contributed by atoms with Crippen LogP contribution in [0.4, 0.5) is 0 Å². The third-order valence-corrected chi connectivity index (χ3v) is 2.32. The van der Waals surface area contributed by atoms with Crippen LogP contribution >= 0.6 is 0 Å². The number of hydrogen-bond donors (Lipinski definition) is 1. The summed E-state index contributed by atoms with van der Waals surface area (Å²) < 4.78 is 0. The van der Waals surface area contributed by atoms with Crippen molar-refractivity contribution in [3.63, 3.8) is 0 Å². The first-order chi connectivity index (χ1) is 6.26. The van der Waals surface area contributed by atoms with Gasteiger partial charge in [-0.3, -0.25) is 0 Å². The molecule has 13 heavy (non-hydrogen) atoms. The minimum absolute atomic E-state index is 0.757. The Balaban J connectivity index is 0. The zero-order valence-corrected chi connectivity index (χ0v) is 10.4. The lowest BCUT2D eigenvalue weighted by molar-refractivity contribution is 0.235. The van der Waals surface area contributed by atoms with Gasteiger partial charge in [0.1, 0.15) is 0 Å². The summed E-state index contributed by atoms with van der Waals surface area (Å²) in [6.45, 7) is 10.7. The van der Waals surface area contributed by atoms with E-state index >= 15 is 0 Å². The average Bonchev–Trinajstić information content (AvgIpc) is 2.21. The molecule has 0 spiro atoms. The summed E-state index contributed by atoms with van der Waals surface area (Å²) in [5.41, 5.74) is 0. The van der Waals surface area contributed by atoms with Gasteiger partial charge in [-0.1, -0.05) is 27.7 Å². The lowest BCUT2D eigenvalue weighted by Gasteiger charge is -2.25. The minimum Gasteiger partial charge on any atom is -0.320 e. The Hall–Kier alpha value is -0.0800. The van der Waals surface area contributed by atoms with Crippen molar-refractivity contribution in [2.45, 2.75) is 46.6 Å². The normalized spacial score (nSPS) is 12.2. The molecule has 1 unspecified atom stereocenters. The number of hydrogen-bond acceptors (Lipinski definition) is 2. The van der Waals surface area contributed by atoms with E-state index in [0.29, 0.717) is 0 Å². The lowest BCUT2D eigenvalue weighted by atomic mass is 10.1. The summed E-state index contributed by atoms with van der Waals surface area (Å²) in [5.74, 6) is 0. The van der Waals surface area contributed by atoms with Crippen molar-refractivity contribution in [3.05, 3.63) is 0 Å². The highest BCUT2D eigenvalue weighted by molar-refractivity contribution is 4.66. The molecule has 1 atom stereocenters. The molecule has 0 aliphatic heterocycles. The molecule has 2 heteroatoms. The summed E-state index contributed by atoms with van der Waals surface area (Å²) in [4.78, 5) is 2.41. The van der Waals surface area contributed by atoms with Crippen LogP contribution in [-0.2, 0) is 0 Å². The Labute approximate surface area is 84.7 Å². The van der Waals surface area contributed by atoms with Gasteiger partial charge in [0.05, 0.1) is 0 Å². The van der Waals surface area contributed by atoms with E-state index in [-0.39, 0.29) is 0 Å². The van der Waals surface area contributed by atoms with Crippen molar-refractivity contribution in [2.24, 2.45) is 0 Å². The molecule has 82 valence electrons. The highest BCUT2D eigenvalue weighted by Crippen LogP contribution is 2.04. The highest BCUT2D eigenvalue weighted by Gasteiger charge is 2.08. The van der Waals surface area contributed by atoms with Gasteiger partial charge in [-0.15, -0.1) is 0 Å². The molecular weight excluding hydrogens is 160 g/mol. The zero-order valence-electron chi connectivity index (χ0n) is 10.4. The summed E-state index contributed by atoms with van der Waals surface area (Å²) >= 11 is 0. The third-order valence-electron chi connectivity index (χ3n) is 2.32. The van der Waals surface area contributed by atoms with Crippen LogP contribution in [-0.4, -0.2) is 38.1 Å². The van der Waals surface area contributed by atoms with E-state index < -0.39 is 0 Å². The maximum atomic E-state index is 3.18. The maximum absolute atomic E-state index is 3.18. The van der Waals surface area contributed by atoms with Crippen LogP contribution in [0.25, 0.3) is 0 Å². The van der Waals surface area contributed by atoms with Gasteiger partial charge in [0.25, 0.3) is 0 Å². The van der Waals surface area contributed by atoms with Crippen molar-refractivity contribution in [3.8, 4) is 0 Å². The smallest absolute Gasteiger partial charge is 0.0101 e. The Morgan fingerprint density at radius 1 is 1.23 bits per heavy atom. The van der Waals surface area contributed by atoms with E-state index in [1.165, 1.54) is 12.8 Å². The third kappa shape index (κ3) is 8.26. The monoisotopic (exact) mass is 188 g/mol. The molecule has 0 saturated carbocycles. The zero-order chi connectivity index (χ0) is 10.7. The summed E-state index contributed by atoms with van der Waals surface area (Å²) in [7, 11) is 4.21. The topological polar surface area (TPSA) is 15.3 Å². The first kappa shape index (κ1) is 15.4. The Morgan fingerprint density at radius 2 is 1.77 bits per heavy atom. The molecule has 0 aliphatic rings. The van der Waals surface area contributed by atoms with Gasteiger partial charge in [0.2, 0.25) is 0 Å². The molecule has 0 fully saturated rings. The molecule has 0 aromatic heterocycles. The standard InChI is InChI=1S/C9H22N2.C2H6/c1-5-9(7-8-10-3)11(4)6-2;1-2/h9-10H,5-8H2,1-4H3;1-2H3. The van der Waals surface area contributed by atoms with Crippen LogP contribution in [0, 0.1) is 0 Å². The maximum Gasteiger partial charge on any atom is 0.0101 e. The molecule has 2 nitrogen and oxygen atoms in total. The molecule has 0 heterocycles. The Morgan fingerprint density at radius 3 is 2.08 bits per heavy atom. The molecular formula is C11H28N2. The van der Waals surface area contributed by atoms with E-state index in [4.69, 9.17) is 0 Å². The second kappa shape index (κ2) is 11.9. The Bertz CT molecular complexity index is 84.2. The number of nitrogens with zero attached hydrogens (tertiary/aromatic N) is 1. The summed E-state index contributed by atoms with van der Waals surface area (Å²) in [6.07, 6.45) is 2.52. The first-order valence-corrected chi connectivity index (χ1v) is 5.61. The summed E-state index contributed by atoms with van der Waals surface area (Å²) in [5, 5.41) is 3.18. The molecule has 0 aromatic rings. The quantitative estimate of drug-likeness (QED) is 0.688. The summed E-state index contributed by atoms with van der Waals surface area (Å²) in [6, 6.07) is 0.757. The fourth-order valence-electron chi connectivity index (χ4n) is 1.31. The van der Waals surface area contributed by atoms with Crippen LogP contribution in [0.5, 0.6) is 0 Å². The average molecular weight is 188 g/mol. The van der Waals surface area contributed by atoms with Crippen LogP contribution in [0.1, 0.15) is 40.5 Å². The van der Waals surface area contributed by atoms with Crippen LogP contribution < -0.4 is 5.32 Å². The minimum atomic E-state index is 0.757. The van der Waals surface area contributed by atoms with E-state index in [0.717, 1.165) is 19.1 Å². The van der Waals surface area contributed by atoms with E-state index in [2.05, 4.69) is 31.1 Å². The fourth-order valence-corrected chi connectivity index (χ4v) is 1.31. The SMILES string of the molecule is CC.CCC(CCNC)N(C)CC. The predicted molar refractivity (Wildman–Crippen MR) is 62.3 cm³/mol. The molecule has 0 aliphatic carbocycles. The van der Waals surface area contributed by atoms with Gasteiger partial charge >= 0.3 is 0 Å². The highest BCUT2D eigenvalue weighted by atomic mass is 15.1. The second-order valence-electron chi connectivity index (χ2n) is 3.03. The number of nitrogens with one attached hydrogen (secondary N) is 1. The van der Waals surface area contributed by atoms with Crippen molar-refractivity contribution in [1.82, 2.24) is 10.2 Å². The van der Waals surface area contributed by atoms with Gasteiger partial charge in [0.15, 0.2) is 0 Å². The second-order valence-corrected chi connectivity index (χ2v) is 3.03.